The molecule has 0 saturated carbocycles. The molecular weight excluding hydrogens is 312 g/mol. The number of hydrogen-bond acceptors (Lipinski definition) is 3. The van der Waals surface area contributed by atoms with Crippen molar-refractivity contribution >= 4 is 45.6 Å². The van der Waals surface area contributed by atoms with Crippen molar-refractivity contribution in [1.82, 2.24) is 10.2 Å². The van der Waals surface area contributed by atoms with Crippen molar-refractivity contribution in [1.29, 1.82) is 0 Å². The molecule has 1 amide bonds. The Balaban J connectivity index is 0.00000128. The summed E-state index contributed by atoms with van der Waals surface area (Å²) >= 11 is 5.09. The van der Waals surface area contributed by atoms with Crippen LogP contribution in [0.5, 0.6) is 0 Å². The van der Waals surface area contributed by atoms with Crippen molar-refractivity contribution in [2.24, 2.45) is 5.92 Å². The number of rotatable bonds is 3. The van der Waals surface area contributed by atoms with Crippen molar-refractivity contribution in [3.8, 4) is 0 Å². The Labute approximate surface area is 114 Å². The van der Waals surface area contributed by atoms with Crippen molar-refractivity contribution in [2.75, 3.05) is 20.1 Å². The number of thiophene rings is 1. The minimum Gasteiger partial charge on any atom is -0.340 e. The number of nitrogens with zero attached hydrogens (tertiary/aromatic N) is 1. The topological polar surface area (TPSA) is 32.3 Å². The molecule has 0 radical (unpaired) electrons. The van der Waals surface area contributed by atoms with Crippen LogP contribution in [0, 0.1) is 5.92 Å². The van der Waals surface area contributed by atoms with Gasteiger partial charge in [0.15, 0.2) is 0 Å². The summed E-state index contributed by atoms with van der Waals surface area (Å²) in [6, 6.07) is 2.06. The van der Waals surface area contributed by atoms with Crippen molar-refractivity contribution < 1.29 is 4.79 Å². The molecule has 0 unspecified atom stereocenters. The molecule has 0 aliphatic carbocycles. The van der Waals surface area contributed by atoms with Gasteiger partial charge < -0.3 is 10.2 Å². The highest BCUT2D eigenvalue weighted by atomic mass is 79.9. The first-order valence-electron chi connectivity index (χ1n) is 4.85. The van der Waals surface area contributed by atoms with Crippen molar-refractivity contribution in [3.63, 3.8) is 0 Å². The molecule has 2 heterocycles. The van der Waals surface area contributed by atoms with Gasteiger partial charge in [-0.1, -0.05) is 0 Å². The lowest BCUT2D eigenvalue weighted by atomic mass is 10.0. The van der Waals surface area contributed by atoms with Crippen LogP contribution in [0.3, 0.4) is 0 Å². The van der Waals surface area contributed by atoms with Gasteiger partial charge in [0.1, 0.15) is 0 Å². The minimum absolute atomic E-state index is 0. The van der Waals surface area contributed by atoms with Gasteiger partial charge in [-0.2, -0.15) is 0 Å². The molecule has 6 heteroatoms. The zero-order chi connectivity index (χ0) is 10.8. The third kappa shape index (κ3) is 3.20. The van der Waals surface area contributed by atoms with Crippen LogP contribution >= 0.6 is 39.7 Å². The quantitative estimate of drug-likeness (QED) is 0.923. The molecule has 1 saturated heterocycles. The average Bonchev–Trinajstić information content (AvgIpc) is 2.48. The molecule has 1 fully saturated rings. The number of carbonyl (C=O) groups excluding carboxylic acids is 1. The summed E-state index contributed by atoms with van der Waals surface area (Å²) in [6.07, 6.45) is 0. The summed E-state index contributed by atoms with van der Waals surface area (Å²) < 4.78 is 1.09. The van der Waals surface area contributed by atoms with Crippen LogP contribution in [0.25, 0.3) is 0 Å². The lowest BCUT2D eigenvalue weighted by Crippen LogP contribution is -2.50. The molecule has 0 bridgehead atoms. The van der Waals surface area contributed by atoms with Crippen LogP contribution in [0.2, 0.25) is 0 Å². The fraction of sp³-hybridized carbons (Fsp3) is 0.500. The van der Waals surface area contributed by atoms with E-state index in [1.54, 1.807) is 11.3 Å². The summed E-state index contributed by atoms with van der Waals surface area (Å²) in [4.78, 5) is 14.8. The molecule has 0 spiro atoms. The van der Waals surface area contributed by atoms with E-state index in [2.05, 4.69) is 27.3 Å². The molecule has 0 aromatic carbocycles. The summed E-state index contributed by atoms with van der Waals surface area (Å²) in [5.74, 6) is 0.441. The Bertz CT molecular complexity index is 367. The molecule has 0 atom stereocenters. The molecule has 2 rings (SSSR count). The van der Waals surface area contributed by atoms with Gasteiger partial charge in [-0.05, 0) is 22.0 Å². The molecular formula is C10H14BrClN2OS. The van der Waals surface area contributed by atoms with Gasteiger partial charge in [0.05, 0.1) is 12.5 Å². The maximum absolute atomic E-state index is 11.8. The van der Waals surface area contributed by atoms with E-state index in [0.717, 1.165) is 17.6 Å². The van der Waals surface area contributed by atoms with Crippen LogP contribution in [0.4, 0.5) is 0 Å². The Morgan fingerprint density at radius 2 is 2.38 bits per heavy atom. The van der Waals surface area contributed by atoms with Gasteiger partial charge in [0.25, 0.3) is 0 Å². The van der Waals surface area contributed by atoms with Gasteiger partial charge in [-0.15, -0.1) is 23.7 Å². The van der Waals surface area contributed by atoms with E-state index in [-0.39, 0.29) is 24.2 Å². The average molecular weight is 326 g/mol. The summed E-state index contributed by atoms with van der Waals surface area (Å²) in [5, 5.41) is 5.15. The smallest absolute Gasteiger partial charge is 0.228 e. The van der Waals surface area contributed by atoms with Gasteiger partial charge in [0.2, 0.25) is 5.91 Å². The lowest BCUT2D eigenvalue weighted by molar-refractivity contribution is -0.136. The number of amides is 1. The second-order valence-electron chi connectivity index (χ2n) is 3.78. The lowest BCUT2D eigenvalue weighted by Gasteiger charge is -2.30. The zero-order valence-corrected chi connectivity index (χ0v) is 12.1. The third-order valence-corrected chi connectivity index (χ3v) is 4.20. The van der Waals surface area contributed by atoms with Gasteiger partial charge in [-0.25, -0.2) is 0 Å². The highest BCUT2D eigenvalue weighted by Crippen LogP contribution is 2.21. The van der Waals surface area contributed by atoms with E-state index < -0.39 is 0 Å². The van der Waals surface area contributed by atoms with Crippen LogP contribution in [0.1, 0.15) is 4.88 Å². The molecule has 1 aromatic heterocycles. The highest BCUT2D eigenvalue weighted by molar-refractivity contribution is 9.10. The molecule has 90 valence electrons. The first kappa shape index (κ1) is 14.0. The fourth-order valence-corrected chi connectivity index (χ4v) is 3.03. The van der Waals surface area contributed by atoms with E-state index in [1.807, 2.05) is 17.3 Å². The Morgan fingerprint density at radius 3 is 2.81 bits per heavy atom. The third-order valence-electron chi connectivity index (χ3n) is 2.52. The molecule has 1 aliphatic heterocycles. The van der Waals surface area contributed by atoms with E-state index in [4.69, 9.17) is 0 Å². The van der Waals surface area contributed by atoms with Crippen LogP contribution in [0.15, 0.2) is 15.9 Å². The van der Waals surface area contributed by atoms with Crippen LogP contribution in [-0.4, -0.2) is 30.9 Å². The van der Waals surface area contributed by atoms with Crippen LogP contribution in [-0.2, 0) is 11.3 Å². The SMILES string of the molecule is CN(Cc1cc(Br)cs1)C(=O)C1CNC1.Cl. The summed E-state index contributed by atoms with van der Waals surface area (Å²) in [6.45, 7) is 2.38. The number of nitrogens with one attached hydrogen (secondary N) is 1. The largest absolute Gasteiger partial charge is 0.340 e. The predicted molar refractivity (Wildman–Crippen MR) is 72.1 cm³/mol. The van der Waals surface area contributed by atoms with Crippen molar-refractivity contribution in [3.05, 3.63) is 20.8 Å². The molecule has 3 nitrogen and oxygen atoms in total. The second-order valence-corrected chi connectivity index (χ2v) is 5.69. The Kier molecular flexibility index (Phi) is 5.24. The van der Waals surface area contributed by atoms with E-state index in [0.29, 0.717) is 6.54 Å². The van der Waals surface area contributed by atoms with E-state index >= 15 is 0 Å². The summed E-state index contributed by atoms with van der Waals surface area (Å²) in [7, 11) is 1.87. The first-order valence-corrected chi connectivity index (χ1v) is 6.52. The number of carbonyl (C=O) groups is 1. The monoisotopic (exact) mass is 324 g/mol. The number of halogens is 2. The Hall–Kier alpha value is -0.100. The standard InChI is InChI=1S/C10H13BrN2OS.ClH/c1-13(10(14)7-3-12-4-7)5-9-2-8(11)6-15-9;/h2,6-7,12H,3-5H2,1H3;1H. The van der Waals surface area contributed by atoms with Gasteiger partial charge >= 0.3 is 0 Å². The van der Waals surface area contributed by atoms with E-state index in [9.17, 15) is 4.79 Å². The Morgan fingerprint density at radius 1 is 1.69 bits per heavy atom. The van der Waals surface area contributed by atoms with Gasteiger partial charge in [0, 0.05) is 34.9 Å². The molecule has 1 aromatic rings. The van der Waals surface area contributed by atoms with Crippen LogP contribution < -0.4 is 5.32 Å². The molecule has 16 heavy (non-hydrogen) atoms. The predicted octanol–water partition coefficient (Wildman–Crippen LogP) is 2.11. The maximum atomic E-state index is 11.8. The molecule has 1 aliphatic rings. The fourth-order valence-electron chi connectivity index (χ4n) is 1.52. The van der Waals surface area contributed by atoms with Gasteiger partial charge in [-0.3, -0.25) is 4.79 Å². The first-order chi connectivity index (χ1) is 7.16. The van der Waals surface area contributed by atoms with E-state index in [1.165, 1.54) is 4.88 Å². The molecule has 1 N–H and O–H groups in total. The summed E-state index contributed by atoms with van der Waals surface area (Å²) in [5.41, 5.74) is 0. The maximum Gasteiger partial charge on any atom is 0.228 e. The number of hydrogen-bond donors (Lipinski definition) is 1. The second kappa shape index (κ2) is 6.00. The normalized spacial score (nSPS) is 15.1. The highest BCUT2D eigenvalue weighted by Gasteiger charge is 2.27. The van der Waals surface area contributed by atoms with Crippen molar-refractivity contribution in [2.45, 2.75) is 6.54 Å². The zero-order valence-electron chi connectivity index (χ0n) is 8.90. The minimum atomic E-state index is 0.